The summed E-state index contributed by atoms with van der Waals surface area (Å²) in [5.41, 5.74) is 0.902. The molecular formula is C18H24N2O7S. The second-order valence-electron chi connectivity index (χ2n) is 6.28. The van der Waals surface area contributed by atoms with Gasteiger partial charge in [0, 0.05) is 6.04 Å². The fraction of sp³-hybridized carbons (Fsp3) is 0.500. The molecule has 1 amide bonds. The first-order chi connectivity index (χ1) is 13.1. The summed E-state index contributed by atoms with van der Waals surface area (Å²) in [5.74, 6) is -2.69. The Kier molecular flexibility index (Phi) is 6.78. The molecule has 0 bridgehead atoms. The number of carbonyl (C=O) groups excluding carboxylic acids is 3. The van der Waals surface area contributed by atoms with Gasteiger partial charge in [-0.2, -0.15) is 4.31 Å². The lowest BCUT2D eigenvalue weighted by atomic mass is 10.2. The molecule has 2 rings (SSSR count). The standard InChI is InChI=1S/C18H24N2O7S/c1-5-26-17(22)14(18(23)27-6-2)19-16(21)15-12(4)20(15)28(24,25)13-9-7-11(3)8-10-13/h7-10,12,14-15H,5-6H2,1-4H3,(H,19,21)/t12-,15-,20?/m1/s1. The van der Waals surface area contributed by atoms with Crippen LogP contribution in [0.2, 0.25) is 0 Å². The van der Waals surface area contributed by atoms with E-state index in [-0.39, 0.29) is 18.1 Å². The highest BCUT2D eigenvalue weighted by Gasteiger charge is 2.57. The highest BCUT2D eigenvalue weighted by molar-refractivity contribution is 7.89. The lowest BCUT2D eigenvalue weighted by Gasteiger charge is -2.16. The van der Waals surface area contributed by atoms with E-state index in [9.17, 15) is 22.8 Å². The first-order valence-corrected chi connectivity index (χ1v) is 10.3. The number of hydrogen-bond donors (Lipinski definition) is 1. The molecule has 1 heterocycles. The van der Waals surface area contributed by atoms with Gasteiger partial charge in [0.25, 0.3) is 0 Å². The number of nitrogens with zero attached hydrogens (tertiary/aromatic N) is 1. The summed E-state index contributed by atoms with van der Waals surface area (Å²) < 4.78 is 36.1. The number of amides is 1. The van der Waals surface area contributed by atoms with E-state index >= 15 is 0 Å². The van der Waals surface area contributed by atoms with Gasteiger partial charge in [-0.1, -0.05) is 17.7 Å². The maximum Gasteiger partial charge on any atom is 0.340 e. The maximum absolute atomic E-state index is 12.8. The van der Waals surface area contributed by atoms with Crippen LogP contribution in [0.4, 0.5) is 0 Å². The average Bonchev–Trinajstić information content (AvgIpc) is 3.32. The van der Waals surface area contributed by atoms with E-state index in [4.69, 9.17) is 9.47 Å². The van der Waals surface area contributed by atoms with Crippen LogP contribution in [0.15, 0.2) is 29.2 Å². The molecule has 1 unspecified atom stereocenters. The van der Waals surface area contributed by atoms with Crippen molar-refractivity contribution in [3.8, 4) is 0 Å². The molecule has 0 saturated carbocycles. The Hall–Kier alpha value is -2.46. The summed E-state index contributed by atoms with van der Waals surface area (Å²) in [4.78, 5) is 36.6. The van der Waals surface area contributed by atoms with E-state index in [1.165, 1.54) is 12.1 Å². The third-order valence-corrected chi connectivity index (χ3v) is 6.22. The predicted molar refractivity (Wildman–Crippen MR) is 98.7 cm³/mol. The van der Waals surface area contributed by atoms with Crippen molar-refractivity contribution < 1.29 is 32.3 Å². The Bertz CT molecular complexity index is 833. The summed E-state index contributed by atoms with van der Waals surface area (Å²) in [5, 5.41) is 2.25. The molecule has 9 nitrogen and oxygen atoms in total. The van der Waals surface area contributed by atoms with Gasteiger partial charge in [-0.05, 0) is 39.8 Å². The van der Waals surface area contributed by atoms with Crippen LogP contribution in [0.1, 0.15) is 26.3 Å². The van der Waals surface area contributed by atoms with Gasteiger partial charge in [-0.3, -0.25) is 4.79 Å². The van der Waals surface area contributed by atoms with Crippen molar-refractivity contribution in [2.75, 3.05) is 13.2 Å². The van der Waals surface area contributed by atoms with E-state index in [0.29, 0.717) is 0 Å². The van der Waals surface area contributed by atoms with Gasteiger partial charge in [0.1, 0.15) is 6.04 Å². The number of ether oxygens (including phenoxy) is 2. The van der Waals surface area contributed by atoms with Gasteiger partial charge in [0.05, 0.1) is 18.1 Å². The summed E-state index contributed by atoms with van der Waals surface area (Å²) in [6.45, 7) is 6.54. The summed E-state index contributed by atoms with van der Waals surface area (Å²) in [6.07, 6.45) is 0. The third-order valence-electron chi connectivity index (χ3n) is 4.24. The SMILES string of the molecule is CCOC(=O)C(NC(=O)[C@H]1[C@@H](C)N1S(=O)(=O)c1ccc(C)cc1)C(=O)OCC. The molecule has 10 heteroatoms. The van der Waals surface area contributed by atoms with Gasteiger partial charge in [-0.15, -0.1) is 0 Å². The van der Waals surface area contributed by atoms with Crippen LogP contribution >= 0.6 is 0 Å². The topological polar surface area (TPSA) is 119 Å². The van der Waals surface area contributed by atoms with Crippen molar-refractivity contribution in [2.45, 2.75) is 50.7 Å². The molecule has 1 fully saturated rings. The highest BCUT2D eigenvalue weighted by atomic mass is 32.2. The zero-order chi connectivity index (χ0) is 21.1. The Morgan fingerprint density at radius 1 is 1.07 bits per heavy atom. The van der Waals surface area contributed by atoms with Crippen molar-refractivity contribution >= 4 is 27.9 Å². The van der Waals surface area contributed by atoms with Crippen molar-refractivity contribution in [3.63, 3.8) is 0 Å². The van der Waals surface area contributed by atoms with Crippen molar-refractivity contribution in [3.05, 3.63) is 29.8 Å². The van der Waals surface area contributed by atoms with Crippen molar-refractivity contribution in [2.24, 2.45) is 0 Å². The lowest BCUT2D eigenvalue weighted by Crippen LogP contribution is -2.50. The van der Waals surface area contributed by atoms with Gasteiger partial charge in [0.15, 0.2) is 0 Å². The summed E-state index contributed by atoms with van der Waals surface area (Å²) in [7, 11) is -3.88. The van der Waals surface area contributed by atoms with Crippen LogP contribution in [0.25, 0.3) is 0 Å². The fourth-order valence-corrected chi connectivity index (χ4v) is 4.54. The molecule has 1 aliphatic rings. The third kappa shape index (κ3) is 4.50. The zero-order valence-corrected chi connectivity index (χ0v) is 17.0. The average molecular weight is 412 g/mol. The Morgan fingerprint density at radius 2 is 1.57 bits per heavy atom. The van der Waals surface area contributed by atoms with Crippen LogP contribution in [0.5, 0.6) is 0 Å². The van der Waals surface area contributed by atoms with Gasteiger partial charge in [0.2, 0.25) is 22.0 Å². The molecule has 0 radical (unpaired) electrons. The predicted octanol–water partition coefficient (Wildman–Crippen LogP) is 0.367. The molecule has 1 aliphatic heterocycles. The minimum atomic E-state index is -3.88. The molecule has 1 saturated heterocycles. The number of hydrogen-bond acceptors (Lipinski definition) is 7. The van der Waals surface area contributed by atoms with Gasteiger partial charge >= 0.3 is 11.9 Å². The smallest absolute Gasteiger partial charge is 0.340 e. The second-order valence-corrected chi connectivity index (χ2v) is 8.12. The monoisotopic (exact) mass is 412 g/mol. The Labute approximate surface area is 164 Å². The number of sulfonamides is 1. The largest absolute Gasteiger partial charge is 0.464 e. The molecule has 3 atom stereocenters. The molecule has 28 heavy (non-hydrogen) atoms. The highest BCUT2D eigenvalue weighted by Crippen LogP contribution is 2.35. The number of aryl methyl sites for hydroxylation is 1. The van der Waals surface area contributed by atoms with E-state index in [1.807, 2.05) is 6.92 Å². The summed E-state index contributed by atoms with van der Waals surface area (Å²) >= 11 is 0. The van der Waals surface area contributed by atoms with Crippen LogP contribution in [0.3, 0.4) is 0 Å². The number of esters is 2. The molecular weight excluding hydrogens is 388 g/mol. The summed E-state index contributed by atoms with van der Waals surface area (Å²) in [6, 6.07) is 2.95. The quantitative estimate of drug-likeness (QED) is 0.372. The second kappa shape index (κ2) is 8.70. The van der Waals surface area contributed by atoms with Crippen molar-refractivity contribution in [1.82, 2.24) is 9.62 Å². The number of benzene rings is 1. The Morgan fingerprint density at radius 3 is 2.04 bits per heavy atom. The van der Waals surface area contributed by atoms with E-state index in [0.717, 1.165) is 9.87 Å². The number of rotatable bonds is 8. The van der Waals surface area contributed by atoms with Gasteiger partial charge < -0.3 is 14.8 Å². The minimum absolute atomic E-state index is 0.0123. The van der Waals surface area contributed by atoms with E-state index in [2.05, 4.69) is 5.32 Å². The molecule has 1 aromatic carbocycles. The lowest BCUT2D eigenvalue weighted by molar-refractivity contribution is -0.159. The molecule has 1 aromatic rings. The maximum atomic E-state index is 12.8. The van der Waals surface area contributed by atoms with Gasteiger partial charge in [-0.25, -0.2) is 18.0 Å². The first-order valence-electron chi connectivity index (χ1n) is 8.89. The van der Waals surface area contributed by atoms with Crippen LogP contribution in [0, 0.1) is 6.92 Å². The van der Waals surface area contributed by atoms with Crippen LogP contribution in [-0.4, -0.2) is 61.9 Å². The molecule has 1 N–H and O–H groups in total. The van der Waals surface area contributed by atoms with Crippen molar-refractivity contribution in [1.29, 1.82) is 0 Å². The molecule has 0 aromatic heterocycles. The number of nitrogens with one attached hydrogen (secondary N) is 1. The number of carbonyl (C=O) groups is 3. The first kappa shape index (κ1) is 21.8. The van der Waals surface area contributed by atoms with E-state index < -0.39 is 46.0 Å². The zero-order valence-electron chi connectivity index (χ0n) is 16.2. The fourth-order valence-electron chi connectivity index (χ4n) is 2.75. The van der Waals surface area contributed by atoms with Crippen LogP contribution in [-0.2, 0) is 33.9 Å². The normalized spacial score (nSPS) is 21.1. The molecule has 0 aliphatic carbocycles. The molecule has 0 spiro atoms. The van der Waals surface area contributed by atoms with E-state index in [1.54, 1.807) is 32.9 Å². The minimum Gasteiger partial charge on any atom is -0.464 e. The van der Waals surface area contributed by atoms with Crippen LogP contribution < -0.4 is 5.32 Å². The Balaban J connectivity index is 2.16. The molecule has 154 valence electrons.